The molecule has 0 aromatic heterocycles. The molecule has 1 fully saturated rings. The van der Waals surface area contributed by atoms with Crippen LogP contribution in [0.15, 0.2) is 48.0 Å². The Hall–Kier alpha value is -3.32. The van der Waals surface area contributed by atoms with Crippen LogP contribution in [0.5, 0.6) is 11.5 Å². The molecule has 0 aliphatic carbocycles. The van der Waals surface area contributed by atoms with Gasteiger partial charge in [-0.1, -0.05) is 56.0 Å². The summed E-state index contributed by atoms with van der Waals surface area (Å²) in [5, 5.41) is 2.50. The summed E-state index contributed by atoms with van der Waals surface area (Å²) in [7, 11) is 1.49. The highest BCUT2D eigenvalue weighted by atomic mass is 35.5. The minimum absolute atomic E-state index is 0.195. The van der Waals surface area contributed by atoms with Crippen molar-refractivity contribution in [1.29, 1.82) is 0 Å². The van der Waals surface area contributed by atoms with Crippen LogP contribution in [0.4, 0.5) is 10.5 Å². The van der Waals surface area contributed by atoms with Gasteiger partial charge in [0.2, 0.25) is 0 Å². The van der Waals surface area contributed by atoms with E-state index in [1.807, 2.05) is 0 Å². The van der Waals surface area contributed by atoms with E-state index in [9.17, 15) is 14.4 Å². The maximum Gasteiger partial charge on any atom is 0.335 e. The van der Waals surface area contributed by atoms with Gasteiger partial charge in [0, 0.05) is 0 Å². The Bertz CT molecular complexity index is 1040. The molecule has 1 N–H and O–H groups in total. The molecule has 168 valence electrons. The van der Waals surface area contributed by atoms with Crippen LogP contribution in [-0.4, -0.2) is 31.6 Å². The van der Waals surface area contributed by atoms with Crippen LogP contribution < -0.4 is 19.7 Å². The molecule has 2 aromatic rings. The standard InChI is InChI=1S/C24H25ClN2O5/c1-3-4-5-9-12-32-21-19(25)14-16(15-20(21)31-2)13-18-22(28)26-24(30)27(23(18)29)17-10-7-6-8-11-17/h6-8,10-11,13-15H,3-5,9,12H2,1-2H3,(H,26,28,30)/b18-13-. The number of anilines is 1. The molecule has 0 atom stereocenters. The minimum atomic E-state index is -0.800. The van der Waals surface area contributed by atoms with Gasteiger partial charge in [-0.2, -0.15) is 0 Å². The van der Waals surface area contributed by atoms with Crippen molar-refractivity contribution in [3.05, 3.63) is 58.6 Å². The number of ether oxygens (including phenoxy) is 2. The lowest BCUT2D eigenvalue weighted by Gasteiger charge is -2.26. The summed E-state index contributed by atoms with van der Waals surface area (Å²) < 4.78 is 11.2. The second kappa shape index (κ2) is 10.8. The first-order valence-corrected chi connectivity index (χ1v) is 10.8. The Morgan fingerprint density at radius 3 is 2.50 bits per heavy atom. The lowest BCUT2D eigenvalue weighted by atomic mass is 10.1. The van der Waals surface area contributed by atoms with E-state index in [1.54, 1.807) is 42.5 Å². The van der Waals surface area contributed by atoms with E-state index in [1.165, 1.54) is 13.2 Å². The lowest BCUT2D eigenvalue weighted by molar-refractivity contribution is -0.122. The predicted octanol–water partition coefficient (Wildman–Crippen LogP) is 4.97. The fraction of sp³-hybridized carbons (Fsp3) is 0.292. The predicted molar refractivity (Wildman–Crippen MR) is 123 cm³/mol. The van der Waals surface area contributed by atoms with Gasteiger partial charge in [-0.25, -0.2) is 9.69 Å². The number of rotatable bonds is 9. The molecule has 1 aliphatic heterocycles. The van der Waals surface area contributed by atoms with Crippen molar-refractivity contribution in [3.63, 3.8) is 0 Å². The Labute approximate surface area is 191 Å². The molecule has 0 radical (unpaired) electrons. The van der Waals surface area contributed by atoms with E-state index in [0.29, 0.717) is 34.4 Å². The van der Waals surface area contributed by atoms with Crippen LogP contribution >= 0.6 is 11.6 Å². The zero-order valence-electron chi connectivity index (χ0n) is 18.0. The maximum absolute atomic E-state index is 13.0. The number of nitrogens with one attached hydrogen (secondary N) is 1. The van der Waals surface area contributed by atoms with Crippen LogP contribution in [0.25, 0.3) is 6.08 Å². The maximum atomic E-state index is 13.0. The smallest absolute Gasteiger partial charge is 0.335 e. The molecular formula is C24H25ClN2O5. The molecule has 1 saturated heterocycles. The number of methoxy groups -OCH3 is 1. The minimum Gasteiger partial charge on any atom is -0.493 e. The van der Waals surface area contributed by atoms with Crippen molar-refractivity contribution in [1.82, 2.24) is 5.32 Å². The van der Waals surface area contributed by atoms with E-state index in [-0.39, 0.29) is 5.57 Å². The number of barbiturate groups is 1. The second-order valence-electron chi connectivity index (χ2n) is 7.24. The third kappa shape index (κ3) is 5.29. The fourth-order valence-corrected chi connectivity index (χ4v) is 3.58. The van der Waals surface area contributed by atoms with Gasteiger partial charge < -0.3 is 9.47 Å². The molecular weight excluding hydrogens is 432 g/mol. The number of unbranched alkanes of at least 4 members (excludes halogenated alkanes) is 3. The highest BCUT2D eigenvalue weighted by Gasteiger charge is 2.36. The van der Waals surface area contributed by atoms with Gasteiger partial charge in [0.25, 0.3) is 11.8 Å². The van der Waals surface area contributed by atoms with E-state index in [2.05, 4.69) is 12.2 Å². The van der Waals surface area contributed by atoms with E-state index >= 15 is 0 Å². The topological polar surface area (TPSA) is 84.9 Å². The summed E-state index contributed by atoms with van der Waals surface area (Å²) in [6, 6.07) is 10.8. The molecule has 0 spiro atoms. The van der Waals surface area contributed by atoms with E-state index < -0.39 is 17.8 Å². The molecule has 8 heteroatoms. The monoisotopic (exact) mass is 456 g/mol. The van der Waals surface area contributed by atoms with Crippen LogP contribution in [-0.2, 0) is 9.59 Å². The SMILES string of the molecule is CCCCCCOc1c(Cl)cc(/C=C2/C(=O)NC(=O)N(c3ccccc3)C2=O)cc1OC. The highest BCUT2D eigenvalue weighted by Crippen LogP contribution is 2.37. The Morgan fingerprint density at radius 1 is 1.06 bits per heavy atom. The molecule has 3 rings (SSSR count). The molecule has 2 aromatic carbocycles. The first-order chi connectivity index (χ1) is 15.5. The van der Waals surface area contributed by atoms with Gasteiger partial charge in [-0.05, 0) is 42.3 Å². The molecule has 0 saturated carbocycles. The normalized spacial score (nSPS) is 15.2. The first-order valence-electron chi connectivity index (χ1n) is 10.4. The molecule has 32 heavy (non-hydrogen) atoms. The van der Waals surface area contributed by atoms with Crippen LogP contribution in [0.3, 0.4) is 0 Å². The Kier molecular flexibility index (Phi) is 7.89. The fourth-order valence-electron chi connectivity index (χ4n) is 3.30. The summed E-state index contributed by atoms with van der Waals surface area (Å²) in [5.74, 6) is -0.706. The Morgan fingerprint density at radius 2 is 1.81 bits per heavy atom. The third-order valence-corrected chi connectivity index (χ3v) is 5.20. The number of hydrogen-bond acceptors (Lipinski definition) is 5. The quantitative estimate of drug-likeness (QED) is 0.327. The first kappa shape index (κ1) is 23.3. The van der Waals surface area contributed by atoms with Crippen LogP contribution in [0.1, 0.15) is 38.2 Å². The number of carbonyl (C=O) groups excluding carboxylic acids is 3. The molecule has 1 heterocycles. The van der Waals surface area contributed by atoms with Crippen molar-refractivity contribution in [2.75, 3.05) is 18.6 Å². The average Bonchev–Trinajstić information content (AvgIpc) is 2.78. The number of benzene rings is 2. The van der Waals surface area contributed by atoms with Gasteiger partial charge in [0.05, 0.1) is 24.4 Å². The largest absolute Gasteiger partial charge is 0.493 e. The number of imide groups is 2. The summed E-state index contributed by atoms with van der Waals surface area (Å²) >= 11 is 6.41. The third-order valence-electron chi connectivity index (χ3n) is 4.92. The van der Waals surface area contributed by atoms with Crippen molar-refractivity contribution >= 4 is 41.2 Å². The Balaban J connectivity index is 1.87. The van der Waals surface area contributed by atoms with Crippen LogP contribution in [0, 0.1) is 0 Å². The highest BCUT2D eigenvalue weighted by molar-refractivity contribution is 6.39. The second-order valence-corrected chi connectivity index (χ2v) is 7.64. The zero-order valence-corrected chi connectivity index (χ0v) is 18.8. The van der Waals surface area contributed by atoms with Crippen molar-refractivity contribution in [2.45, 2.75) is 32.6 Å². The van der Waals surface area contributed by atoms with Crippen LogP contribution in [0.2, 0.25) is 5.02 Å². The number of halogens is 1. The number of amides is 4. The van der Waals surface area contributed by atoms with Gasteiger partial charge in [0.1, 0.15) is 5.57 Å². The van der Waals surface area contributed by atoms with Gasteiger partial charge in [-0.15, -0.1) is 0 Å². The number of carbonyl (C=O) groups is 3. The van der Waals surface area contributed by atoms with E-state index in [0.717, 1.165) is 30.6 Å². The lowest BCUT2D eigenvalue weighted by Crippen LogP contribution is -2.54. The molecule has 1 aliphatic rings. The van der Waals surface area contributed by atoms with Gasteiger partial charge in [-0.3, -0.25) is 14.9 Å². The summed E-state index contributed by atoms with van der Waals surface area (Å²) in [6.45, 7) is 2.64. The van der Waals surface area contributed by atoms with E-state index in [4.69, 9.17) is 21.1 Å². The molecule has 0 unspecified atom stereocenters. The van der Waals surface area contributed by atoms with Crippen molar-refractivity contribution in [3.8, 4) is 11.5 Å². The number of nitrogens with zero attached hydrogens (tertiary/aromatic N) is 1. The van der Waals surface area contributed by atoms with Gasteiger partial charge in [0.15, 0.2) is 11.5 Å². The average molecular weight is 457 g/mol. The van der Waals surface area contributed by atoms with Gasteiger partial charge >= 0.3 is 6.03 Å². The summed E-state index contributed by atoms with van der Waals surface area (Å²) in [4.78, 5) is 38.5. The number of para-hydroxylation sites is 1. The summed E-state index contributed by atoms with van der Waals surface area (Å²) in [6.07, 6.45) is 5.61. The number of hydrogen-bond donors (Lipinski definition) is 1. The van der Waals surface area contributed by atoms with Crippen molar-refractivity contribution < 1.29 is 23.9 Å². The molecule has 4 amide bonds. The van der Waals surface area contributed by atoms with Crippen molar-refractivity contribution in [2.24, 2.45) is 0 Å². The molecule has 7 nitrogen and oxygen atoms in total. The zero-order chi connectivity index (χ0) is 23.1. The summed E-state index contributed by atoms with van der Waals surface area (Å²) in [5.41, 5.74) is 0.627. The molecule has 0 bridgehead atoms. The number of urea groups is 1.